The Morgan fingerprint density at radius 3 is 2.71 bits per heavy atom. The Labute approximate surface area is 85.4 Å². The fraction of sp³-hybridized carbons (Fsp3) is 0.900. The van der Waals surface area contributed by atoms with Crippen LogP contribution in [0.5, 0.6) is 0 Å². The largest absolute Gasteiger partial charge is 0.337 e. The molecule has 1 unspecified atom stereocenters. The molecular formula is C10H20N2O2. The van der Waals surface area contributed by atoms with E-state index in [4.69, 9.17) is 0 Å². The normalized spacial score (nSPS) is 23.9. The minimum Gasteiger partial charge on any atom is -0.337 e. The van der Waals surface area contributed by atoms with Crippen LogP contribution in [0.3, 0.4) is 0 Å². The predicted octanol–water partition coefficient (Wildman–Crippen LogP) is 1.10. The number of hydrogen-bond acceptors (Lipinski definition) is 3. The molecule has 0 bridgehead atoms. The number of carbonyl (C=O) groups excluding carboxylic acids is 1. The zero-order chi connectivity index (χ0) is 10.6. The summed E-state index contributed by atoms with van der Waals surface area (Å²) in [6.45, 7) is 5.89. The maximum absolute atomic E-state index is 11.7. The van der Waals surface area contributed by atoms with Gasteiger partial charge in [0.25, 0.3) is 0 Å². The van der Waals surface area contributed by atoms with Crippen LogP contribution in [0.2, 0.25) is 0 Å². The van der Waals surface area contributed by atoms with E-state index >= 15 is 0 Å². The van der Waals surface area contributed by atoms with Crippen LogP contribution in [0.25, 0.3) is 0 Å². The first-order chi connectivity index (χ1) is 6.69. The van der Waals surface area contributed by atoms with Crippen LogP contribution in [0, 0.1) is 0 Å². The van der Waals surface area contributed by atoms with Gasteiger partial charge in [0.05, 0.1) is 0 Å². The molecule has 1 aliphatic rings. The van der Waals surface area contributed by atoms with Crippen molar-refractivity contribution in [3.63, 3.8) is 0 Å². The number of carbonyl (C=O) groups is 1. The number of amides is 1. The van der Waals surface area contributed by atoms with Crippen molar-refractivity contribution in [3.8, 4) is 0 Å². The molecule has 1 amide bonds. The number of hydroxylamine groups is 2. The summed E-state index contributed by atoms with van der Waals surface area (Å²) in [7, 11) is 0. The third kappa shape index (κ3) is 2.69. The van der Waals surface area contributed by atoms with Crippen molar-refractivity contribution in [1.29, 1.82) is 0 Å². The van der Waals surface area contributed by atoms with Crippen molar-refractivity contribution in [2.75, 3.05) is 19.6 Å². The lowest BCUT2D eigenvalue weighted by molar-refractivity contribution is -0.156. The Morgan fingerprint density at radius 1 is 1.43 bits per heavy atom. The van der Waals surface area contributed by atoms with Gasteiger partial charge in [0.15, 0.2) is 0 Å². The minimum atomic E-state index is 0.188. The monoisotopic (exact) mass is 200 g/mol. The van der Waals surface area contributed by atoms with Crippen LogP contribution in [-0.2, 0) is 4.79 Å². The minimum absolute atomic E-state index is 0.188. The molecule has 0 saturated carbocycles. The summed E-state index contributed by atoms with van der Waals surface area (Å²) >= 11 is 0. The molecule has 1 aliphatic heterocycles. The Morgan fingerprint density at radius 2 is 2.14 bits per heavy atom. The molecule has 0 aromatic carbocycles. The van der Waals surface area contributed by atoms with E-state index in [-0.39, 0.29) is 11.9 Å². The predicted molar refractivity (Wildman–Crippen MR) is 54.1 cm³/mol. The van der Waals surface area contributed by atoms with E-state index in [2.05, 4.69) is 6.92 Å². The molecule has 1 saturated heterocycles. The summed E-state index contributed by atoms with van der Waals surface area (Å²) in [5.74, 6) is 0.229. The quantitative estimate of drug-likeness (QED) is 0.742. The van der Waals surface area contributed by atoms with Crippen LogP contribution >= 0.6 is 0 Å². The average molecular weight is 200 g/mol. The zero-order valence-electron chi connectivity index (χ0n) is 9.07. The molecule has 1 N–H and O–H groups in total. The van der Waals surface area contributed by atoms with E-state index in [1.165, 1.54) is 5.06 Å². The van der Waals surface area contributed by atoms with Gasteiger partial charge >= 0.3 is 0 Å². The highest BCUT2D eigenvalue weighted by molar-refractivity contribution is 5.76. The van der Waals surface area contributed by atoms with Crippen LogP contribution < -0.4 is 0 Å². The van der Waals surface area contributed by atoms with Gasteiger partial charge < -0.3 is 10.1 Å². The highest BCUT2D eigenvalue weighted by atomic mass is 16.5. The summed E-state index contributed by atoms with van der Waals surface area (Å²) in [5, 5.41) is 10.6. The van der Waals surface area contributed by atoms with Crippen molar-refractivity contribution < 1.29 is 10.0 Å². The summed E-state index contributed by atoms with van der Waals surface area (Å²) in [4.78, 5) is 13.6. The van der Waals surface area contributed by atoms with E-state index in [0.29, 0.717) is 26.1 Å². The first-order valence-electron chi connectivity index (χ1n) is 5.42. The summed E-state index contributed by atoms with van der Waals surface area (Å²) < 4.78 is 0. The van der Waals surface area contributed by atoms with Gasteiger partial charge in [-0.3, -0.25) is 4.79 Å². The van der Waals surface area contributed by atoms with Crippen LogP contribution in [0.1, 0.15) is 33.1 Å². The Hall–Kier alpha value is -0.610. The molecule has 0 aromatic rings. The molecule has 0 aliphatic carbocycles. The smallest absolute Gasteiger partial charge is 0.222 e. The van der Waals surface area contributed by atoms with Gasteiger partial charge in [-0.15, -0.1) is 0 Å². The van der Waals surface area contributed by atoms with E-state index in [1.807, 2.05) is 11.8 Å². The van der Waals surface area contributed by atoms with Gasteiger partial charge in [0.2, 0.25) is 5.91 Å². The highest BCUT2D eigenvalue weighted by Gasteiger charge is 2.27. The van der Waals surface area contributed by atoms with Crippen LogP contribution in [0.4, 0.5) is 0 Å². The number of nitrogens with zero attached hydrogens (tertiary/aromatic N) is 2. The van der Waals surface area contributed by atoms with Crippen molar-refractivity contribution in [3.05, 3.63) is 0 Å². The second-order valence-corrected chi connectivity index (χ2v) is 3.81. The molecule has 0 aromatic heterocycles. The summed E-state index contributed by atoms with van der Waals surface area (Å²) in [6.07, 6.45) is 2.43. The van der Waals surface area contributed by atoms with Crippen molar-refractivity contribution >= 4 is 5.91 Å². The van der Waals surface area contributed by atoms with E-state index in [9.17, 15) is 10.0 Å². The lowest BCUT2D eigenvalue weighted by Crippen LogP contribution is -2.53. The third-order valence-corrected chi connectivity index (χ3v) is 2.72. The molecule has 4 heteroatoms. The van der Waals surface area contributed by atoms with Gasteiger partial charge in [0, 0.05) is 32.1 Å². The van der Waals surface area contributed by atoms with E-state index in [0.717, 1.165) is 12.8 Å². The van der Waals surface area contributed by atoms with Gasteiger partial charge in [-0.1, -0.05) is 13.8 Å². The number of rotatable bonds is 3. The first-order valence-corrected chi connectivity index (χ1v) is 5.42. The fourth-order valence-electron chi connectivity index (χ4n) is 1.87. The molecule has 4 nitrogen and oxygen atoms in total. The Kier molecular flexibility index (Phi) is 4.35. The van der Waals surface area contributed by atoms with Gasteiger partial charge in [-0.05, 0) is 12.8 Å². The molecule has 1 atom stereocenters. The lowest BCUT2D eigenvalue weighted by Gasteiger charge is -2.38. The molecule has 0 radical (unpaired) electrons. The molecule has 1 rings (SSSR count). The maximum Gasteiger partial charge on any atom is 0.222 e. The molecular weight excluding hydrogens is 180 g/mol. The third-order valence-electron chi connectivity index (χ3n) is 2.72. The molecule has 1 fully saturated rings. The van der Waals surface area contributed by atoms with E-state index in [1.54, 1.807) is 0 Å². The SMILES string of the molecule is CCCC(=O)N1CCN(O)CC1CC. The van der Waals surface area contributed by atoms with Crippen LogP contribution in [-0.4, -0.2) is 46.8 Å². The Bertz CT molecular complexity index is 197. The average Bonchev–Trinajstić information content (AvgIpc) is 2.17. The lowest BCUT2D eigenvalue weighted by atomic mass is 10.1. The van der Waals surface area contributed by atoms with Gasteiger partial charge in [0.1, 0.15) is 0 Å². The summed E-state index contributed by atoms with van der Waals surface area (Å²) in [6, 6.07) is 0.188. The zero-order valence-corrected chi connectivity index (χ0v) is 9.07. The molecule has 0 spiro atoms. The second-order valence-electron chi connectivity index (χ2n) is 3.81. The number of piperazine rings is 1. The van der Waals surface area contributed by atoms with E-state index < -0.39 is 0 Å². The van der Waals surface area contributed by atoms with Crippen molar-refractivity contribution in [2.45, 2.75) is 39.2 Å². The topological polar surface area (TPSA) is 43.8 Å². The van der Waals surface area contributed by atoms with Gasteiger partial charge in [-0.2, -0.15) is 5.06 Å². The Balaban J connectivity index is 2.53. The molecule has 82 valence electrons. The first kappa shape index (κ1) is 11.5. The summed E-state index contributed by atoms with van der Waals surface area (Å²) in [5.41, 5.74) is 0. The maximum atomic E-state index is 11.7. The van der Waals surface area contributed by atoms with Gasteiger partial charge in [-0.25, -0.2) is 0 Å². The number of hydrogen-bond donors (Lipinski definition) is 1. The molecule has 1 heterocycles. The van der Waals surface area contributed by atoms with Crippen molar-refractivity contribution in [2.24, 2.45) is 0 Å². The second kappa shape index (κ2) is 5.32. The van der Waals surface area contributed by atoms with Crippen molar-refractivity contribution in [1.82, 2.24) is 9.96 Å². The highest BCUT2D eigenvalue weighted by Crippen LogP contribution is 2.13. The standard InChI is InChI=1S/C10H20N2O2/c1-3-5-10(13)12-7-6-11(14)8-9(12)4-2/h9,14H,3-8H2,1-2H3. The molecule has 14 heavy (non-hydrogen) atoms. The fourth-order valence-corrected chi connectivity index (χ4v) is 1.87. The van der Waals surface area contributed by atoms with Crippen LogP contribution in [0.15, 0.2) is 0 Å².